The lowest BCUT2D eigenvalue weighted by Gasteiger charge is -2.21. The number of carbonyl (C=O) groups excluding carboxylic acids is 1. The fourth-order valence-corrected chi connectivity index (χ4v) is 1.13. The second kappa shape index (κ2) is 5.26. The molecule has 0 bridgehead atoms. The number of halogens is 1. The summed E-state index contributed by atoms with van der Waals surface area (Å²) in [5.41, 5.74) is 5.68. The van der Waals surface area contributed by atoms with Gasteiger partial charge in [0.05, 0.1) is 12.7 Å². The van der Waals surface area contributed by atoms with E-state index in [1.54, 1.807) is 4.90 Å². The van der Waals surface area contributed by atoms with Crippen molar-refractivity contribution in [3.05, 3.63) is 0 Å². The summed E-state index contributed by atoms with van der Waals surface area (Å²) < 4.78 is 0. The Kier molecular flexibility index (Phi) is 5.05. The minimum absolute atomic E-state index is 0. The lowest BCUT2D eigenvalue weighted by molar-refractivity contribution is 0.197. The third kappa shape index (κ3) is 3.38. The lowest BCUT2D eigenvalue weighted by atomic mass is 10.4. The van der Waals surface area contributed by atoms with E-state index in [0.29, 0.717) is 13.1 Å². The van der Waals surface area contributed by atoms with E-state index in [-0.39, 0.29) is 24.6 Å². The molecule has 1 fully saturated rings. The van der Waals surface area contributed by atoms with Crippen molar-refractivity contribution in [1.82, 2.24) is 15.1 Å². The molecule has 1 atom stereocenters. The number of nitrogens with two attached hydrogens (primary N) is 1. The first-order valence-electron chi connectivity index (χ1n) is 4.06. The highest BCUT2D eigenvalue weighted by Gasteiger charge is 2.26. The van der Waals surface area contributed by atoms with Crippen LogP contribution in [0.4, 0.5) is 4.79 Å². The zero-order valence-electron chi connectivity index (χ0n) is 7.99. The molecule has 1 saturated heterocycles. The van der Waals surface area contributed by atoms with E-state index in [9.17, 15) is 4.79 Å². The molecule has 78 valence electrons. The van der Waals surface area contributed by atoms with Crippen LogP contribution in [-0.2, 0) is 0 Å². The minimum atomic E-state index is -0.155. The molecule has 1 aliphatic rings. The first-order valence-corrected chi connectivity index (χ1v) is 4.06. The van der Waals surface area contributed by atoms with Gasteiger partial charge in [0, 0.05) is 13.1 Å². The average Bonchev–Trinajstić information content (AvgIpc) is 2.28. The number of nitrogens with one attached hydrogen (secondary N) is 1. The van der Waals surface area contributed by atoms with Crippen LogP contribution in [-0.4, -0.2) is 55.7 Å². The Morgan fingerprint density at radius 2 is 2.31 bits per heavy atom. The van der Waals surface area contributed by atoms with Crippen LogP contribution in [0.2, 0.25) is 0 Å². The second-order valence-corrected chi connectivity index (χ2v) is 3.25. The van der Waals surface area contributed by atoms with E-state index in [1.807, 2.05) is 19.0 Å². The van der Waals surface area contributed by atoms with Crippen LogP contribution in [0.15, 0.2) is 0 Å². The fourth-order valence-electron chi connectivity index (χ4n) is 1.13. The molecule has 0 aromatic carbocycles. The van der Waals surface area contributed by atoms with Crippen LogP contribution in [0.3, 0.4) is 0 Å². The third-order valence-electron chi connectivity index (χ3n) is 1.91. The van der Waals surface area contributed by atoms with Gasteiger partial charge in [-0.15, -0.1) is 12.4 Å². The first kappa shape index (κ1) is 12.5. The molecule has 6 heteroatoms. The van der Waals surface area contributed by atoms with Crippen LogP contribution < -0.4 is 11.1 Å². The maximum Gasteiger partial charge on any atom is 0.318 e. The third-order valence-corrected chi connectivity index (χ3v) is 1.91. The van der Waals surface area contributed by atoms with Gasteiger partial charge < -0.3 is 20.9 Å². The topological polar surface area (TPSA) is 61.6 Å². The maximum atomic E-state index is 11.1. The Morgan fingerprint density at radius 1 is 1.69 bits per heavy atom. The summed E-state index contributed by atoms with van der Waals surface area (Å²) in [5, 5.41) is 2.69. The summed E-state index contributed by atoms with van der Waals surface area (Å²) in [5.74, 6) is 0. The van der Waals surface area contributed by atoms with Gasteiger partial charge in [-0.05, 0) is 14.1 Å². The van der Waals surface area contributed by atoms with Crippen molar-refractivity contribution in [2.45, 2.75) is 6.17 Å². The normalized spacial score (nSPS) is 21.7. The minimum Gasteiger partial charge on any atom is -0.335 e. The fraction of sp³-hybridized carbons (Fsp3) is 0.857. The average molecular weight is 209 g/mol. The molecule has 0 aromatic heterocycles. The van der Waals surface area contributed by atoms with Gasteiger partial charge in [-0.2, -0.15) is 0 Å². The van der Waals surface area contributed by atoms with Crippen LogP contribution in [0, 0.1) is 0 Å². The zero-order valence-corrected chi connectivity index (χ0v) is 8.80. The highest BCUT2D eigenvalue weighted by molar-refractivity contribution is 5.85. The molecule has 1 heterocycles. The van der Waals surface area contributed by atoms with Gasteiger partial charge in [0.2, 0.25) is 0 Å². The summed E-state index contributed by atoms with van der Waals surface area (Å²) in [6, 6.07) is -0.0515. The van der Waals surface area contributed by atoms with Crippen molar-refractivity contribution < 1.29 is 4.79 Å². The molecule has 2 amide bonds. The Hall–Kier alpha value is -0.520. The molecule has 0 saturated carbocycles. The zero-order chi connectivity index (χ0) is 9.14. The van der Waals surface area contributed by atoms with Crippen LogP contribution in [0.1, 0.15) is 0 Å². The van der Waals surface area contributed by atoms with E-state index in [2.05, 4.69) is 5.32 Å². The number of carbonyl (C=O) groups is 1. The molecule has 0 aliphatic carbocycles. The quantitative estimate of drug-likeness (QED) is 0.644. The Labute approximate surface area is 84.6 Å². The standard InChI is InChI=1S/C7H16N4O.ClH/c1-10(2)3-4-11-6(8)5-9-7(11)12;/h6H,3-5,8H2,1-2H3,(H,9,12);1H. The van der Waals surface area contributed by atoms with Gasteiger partial charge in [0.1, 0.15) is 0 Å². The Balaban J connectivity index is 0.00000144. The predicted octanol–water partition coefficient (Wildman–Crippen LogP) is -0.720. The van der Waals surface area contributed by atoms with Gasteiger partial charge in [-0.25, -0.2) is 4.79 Å². The summed E-state index contributed by atoms with van der Waals surface area (Å²) in [6.07, 6.45) is -0.155. The molecule has 0 spiro atoms. The Morgan fingerprint density at radius 3 is 2.69 bits per heavy atom. The summed E-state index contributed by atoms with van der Waals surface area (Å²) in [6.45, 7) is 2.10. The smallest absolute Gasteiger partial charge is 0.318 e. The Bertz CT molecular complexity index is 176. The summed E-state index contributed by atoms with van der Waals surface area (Å²) in [4.78, 5) is 14.8. The first-order chi connectivity index (χ1) is 5.61. The SMILES string of the molecule is CN(C)CCN1C(=O)NCC1N.Cl. The van der Waals surface area contributed by atoms with Crippen molar-refractivity contribution in [2.24, 2.45) is 5.73 Å². The van der Waals surface area contributed by atoms with Crippen molar-refractivity contribution >= 4 is 18.4 Å². The summed E-state index contributed by atoms with van der Waals surface area (Å²) in [7, 11) is 3.94. The van der Waals surface area contributed by atoms with E-state index >= 15 is 0 Å². The van der Waals surface area contributed by atoms with Crippen molar-refractivity contribution in [3.63, 3.8) is 0 Å². The highest BCUT2D eigenvalue weighted by atomic mass is 35.5. The van der Waals surface area contributed by atoms with E-state index in [0.717, 1.165) is 6.54 Å². The number of hydrogen-bond donors (Lipinski definition) is 2. The molecule has 0 aromatic rings. The highest BCUT2D eigenvalue weighted by Crippen LogP contribution is 2.00. The summed E-state index contributed by atoms with van der Waals surface area (Å²) >= 11 is 0. The molecule has 0 radical (unpaired) electrons. The number of likely N-dealkylation sites (N-methyl/N-ethyl adjacent to an activating group) is 1. The van der Waals surface area contributed by atoms with E-state index in [4.69, 9.17) is 5.73 Å². The largest absolute Gasteiger partial charge is 0.335 e. The maximum absolute atomic E-state index is 11.1. The monoisotopic (exact) mass is 208 g/mol. The van der Waals surface area contributed by atoms with Crippen molar-refractivity contribution in [1.29, 1.82) is 0 Å². The number of urea groups is 1. The van der Waals surface area contributed by atoms with Gasteiger partial charge in [0.25, 0.3) is 0 Å². The van der Waals surface area contributed by atoms with Crippen LogP contribution >= 0.6 is 12.4 Å². The lowest BCUT2D eigenvalue weighted by Crippen LogP contribution is -2.43. The molecule has 5 nitrogen and oxygen atoms in total. The van der Waals surface area contributed by atoms with Gasteiger partial charge in [-0.1, -0.05) is 0 Å². The van der Waals surface area contributed by atoms with Crippen molar-refractivity contribution in [2.75, 3.05) is 33.7 Å². The molecule has 13 heavy (non-hydrogen) atoms. The van der Waals surface area contributed by atoms with Gasteiger partial charge in [-0.3, -0.25) is 0 Å². The number of amides is 2. The van der Waals surface area contributed by atoms with E-state index < -0.39 is 0 Å². The van der Waals surface area contributed by atoms with Gasteiger partial charge in [0.15, 0.2) is 0 Å². The molecular weight excluding hydrogens is 192 g/mol. The van der Waals surface area contributed by atoms with Crippen LogP contribution in [0.25, 0.3) is 0 Å². The second-order valence-electron chi connectivity index (χ2n) is 3.25. The number of rotatable bonds is 3. The number of hydrogen-bond acceptors (Lipinski definition) is 3. The van der Waals surface area contributed by atoms with Crippen LogP contribution in [0.5, 0.6) is 0 Å². The van der Waals surface area contributed by atoms with Crippen molar-refractivity contribution in [3.8, 4) is 0 Å². The predicted molar refractivity (Wildman–Crippen MR) is 53.9 cm³/mol. The van der Waals surface area contributed by atoms with Gasteiger partial charge >= 0.3 is 6.03 Å². The molecular formula is C7H17ClN4O. The van der Waals surface area contributed by atoms with E-state index in [1.165, 1.54) is 0 Å². The molecule has 1 rings (SSSR count). The molecule has 1 aliphatic heterocycles. The number of nitrogens with zero attached hydrogens (tertiary/aromatic N) is 2. The molecule has 1 unspecified atom stereocenters. The molecule has 3 N–H and O–H groups in total.